The van der Waals surface area contributed by atoms with E-state index in [0.717, 1.165) is 31.6 Å². The van der Waals surface area contributed by atoms with Gasteiger partial charge >= 0.3 is 0 Å². The molecule has 0 amide bonds. The Kier molecular flexibility index (Phi) is 5.32. The van der Waals surface area contributed by atoms with Gasteiger partial charge in [0.2, 0.25) is 0 Å². The highest BCUT2D eigenvalue weighted by atomic mass is 35.5. The van der Waals surface area contributed by atoms with E-state index in [1.54, 1.807) is 24.4 Å². The maximum absolute atomic E-state index is 14.0. The summed E-state index contributed by atoms with van der Waals surface area (Å²) in [6.07, 6.45) is 3.90. The van der Waals surface area contributed by atoms with Gasteiger partial charge in [-0.3, -0.25) is 15.1 Å². The molecule has 0 radical (unpaired) electrons. The molecule has 0 unspecified atom stereocenters. The van der Waals surface area contributed by atoms with Crippen LogP contribution in [0.2, 0.25) is 5.02 Å². The second kappa shape index (κ2) is 7.91. The summed E-state index contributed by atoms with van der Waals surface area (Å²) in [4.78, 5) is 16.8. The minimum Gasteiger partial charge on any atom is -0.370 e. The average Bonchev–Trinajstić information content (AvgIpc) is 2.72. The molecular formula is C21H18ClF2N3O2. The van der Waals surface area contributed by atoms with Crippen LogP contribution in [0.15, 0.2) is 42.6 Å². The summed E-state index contributed by atoms with van der Waals surface area (Å²) in [6.45, 7) is 1.47. The minimum absolute atomic E-state index is 0.0358. The molecule has 150 valence electrons. The Labute approximate surface area is 171 Å². The molecule has 4 rings (SSSR count). The number of pyridine rings is 1. The summed E-state index contributed by atoms with van der Waals surface area (Å²) >= 11 is 6.24. The highest BCUT2D eigenvalue weighted by molar-refractivity contribution is 6.33. The molecule has 2 heterocycles. The molecule has 0 spiro atoms. The van der Waals surface area contributed by atoms with Crippen molar-refractivity contribution in [1.29, 1.82) is 0 Å². The molecule has 0 aliphatic carbocycles. The first-order valence-corrected chi connectivity index (χ1v) is 9.72. The number of hydrogen-bond acceptors (Lipinski definition) is 4. The summed E-state index contributed by atoms with van der Waals surface area (Å²) in [5.74, 6) is -1.41. The van der Waals surface area contributed by atoms with Crippen LogP contribution in [0.1, 0.15) is 18.4 Å². The zero-order chi connectivity index (χ0) is 20.5. The standard InChI is InChI=1S/C21H18ClF2N3O2/c22-17-12-15(27(28)29)3-4-19(17)26-8-5-13(6-9-26)10-14-11-18(23)20(24)16-2-1-7-25-21(14)16/h1-4,7,11-13H,5-6,8-10H2. The van der Waals surface area contributed by atoms with Crippen molar-refractivity contribution in [2.75, 3.05) is 18.0 Å². The smallest absolute Gasteiger partial charge is 0.271 e. The number of fused-ring (bicyclic) bond motifs is 1. The molecule has 1 saturated heterocycles. The lowest BCUT2D eigenvalue weighted by Crippen LogP contribution is -2.34. The number of benzene rings is 2. The SMILES string of the molecule is O=[N+]([O-])c1ccc(N2CCC(Cc3cc(F)c(F)c4cccnc34)CC2)c(Cl)c1. The average molecular weight is 418 g/mol. The van der Waals surface area contributed by atoms with Crippen LogP contribution < -0.4 is 4.90 Å². The van der Waals surface area contributed by atoms with Crippen LogP contribution in [0.25, 0.3) is 10.9 Å². The molecule has 1 aromatic heterocycles. The van der Waals surface area contributed by atoms with Crippen LogP contribution in [0, 0.1) is 27.7 Å². The van der Waals surface area contributed by atoms with Gasteiger partial charge in [0.05, 0.1) is 21.2 Å². The molecule has 1 fully saturated rings. The van der Waals surface area contributed by atoms with E-state index in [2.05, 4.69) is 9.88 Å². The lowest BCUT2D eigenvalue weighted by Gasteiger charge is -2.34. The quantitative estimate of drug-likeness (QED) is 0.413. The summed E-state index contributed by atoms with van der Waals surface area (Å²) in [5, 5.41) is 11.4. The fraction of sp³-hybridized carbons (Fsp3) is 0.286. The predicted molar refractivity (Wildman–Crippen MR) is 108 cm³/mol. The van der Waals surface area contributed by atoms with Crippen molar-refractivity contribution >= 4 is 33.9 Å². The van der Waals surface area contributed by atoms with Gasteiger partial charge in [-0.25, -0.2) is 8.78 Å². The topological polar surface area (TPSA) is 59.3 Å². The zero-order valence-electron chi connectivity index (χ0n) is 15.4. The number of anilines is 1. The van der Waals surface area contributed by atoms with E-state index in [4.69, 9.17) is 11.6 Å². The summed E-state index contributed by atoms with van der Waals surface area (Å²) in [5.41, 5.74) is 1.96. The van der Waals surface area contributed by atoms with Crippen LogP contribution in [-0.2, 0) is 6.42 Å². The van der Waals surface area contributed by atoms with Crippen LogP contribution in [0.5, 0.6) is 0 Å². The van der Waals surface area contributed by atoms with E-state index in [9.17, 15) is 18.9 Å². The first kappa shape index (κ1) is 19.5. The molecule has 5 nitrogen and oxygen atoms in total. The van der Waals surface area contributed by atoms with Gasteiger partial charge in [-0.2, -0.15) is 0 Å². The van der Waals surface area contributed by atoms with Crippen LogP contribution >= 0.6 is 11.6 Å². The van der Waals surface area contributed by atoms with Crippen LogP contribution in [0.4, 0.5) is 20.2 Å². The summed E-state index contributed by atoms with van der Waals surface area (Å²) < 4.78 is 28.0. The third-order valence-corrected chi connectivity index (χ3v) is 5.77. The Morgan fingerprint density at radius 1 is 1.21 bits per heavy atom. The Hall–Kier alpha value is -2.80. The number of halogens is 3. The van der Waals surface area contributed by atoms with Gasteiger partial charge in [0.15, 0.2) is 11.6 Å². The van der Waals surface area contributed by atoms with Crippen LogP contribution in [0.3, 0.4) is 0 Å². The second-order valence-electron chi connectivity index (χ2n) is 7.26. The second-order valence-corrected chi connectivity index (χ2v) is 7.67. The van der Waals surface area contributed by atoms with Gasteiger partial charge in [-0.15, -0.1) is 0 Å². The van der Waals surface area contributed by atoms with Crippen molar-refractivity contribution in [3.8, 4) is 0 Å². The first-order chi connectivity index (χ1) is 13.9. The summed E-state index contributed by atoms with van der Waals surface area (Å²) in [6, 6.07) is 8.89. The third kappa shape index (κ3) is 3.87. The molecule has 1 aliphatic rings. The summed E-state index contributed by atoms with van der Waals surface area (Å²) in [7, 11) is 0. The maximum Gasteiger partial charge on any atom is 0.271 e. The Morgan fingerprint density at radius 3 is 2.66 bits per heavy atom. The zero-order valence-corrected chi connectivity index (χ0v) is 16.2. The van der Waals surface area contributed by atoms with Gasteiger partial charge in [0.25, 0.3) is 5.69 Å². The van der Waals surface area contributed by atoms with E-state index < -0.39 is 16.6 Å². The monoisotopic (exact) mass is 417 g/mol. The highest BCUT2D eigenvalue weighted by Crippen LogP contribution is 2.34. The Bertz CT molecular complexity index is 1080. The van der Waals surface area contributed by atoms with Crippen molar-refractivity contribution in [2.45, 2.75) is 19.3 Å². The number of nitro groups is 1. The maximum atomic E-state index is 14.0. The van der Waals surface area contributed by atoms with Gasteiger partial charge in [-0.1, -0.05) is 11.6 Å². The minimum atomic E-state index is -0.862. The lowest BCUT2D eigenvalue weighted by atomic mass is 9.89. The van der Waals surface area contributed by atoms with Crippen molar-refractivity contribution in [2.24, 2.45) is 5.92 Å². The number of hydrogen-bond donors (Lipinski definition) is 0. The molecule has 8 heteroatoms. The molecule has 0 saturated carbocycles. The number of nitro benzene ring substituents is 1. The molecule has 1 aliphatic heterocycles. The van der Waals surface area contributed by atoms with E-state index in [1.165, 1.54) is 18.2 Å². The van der Waals surface area contributed by atoms with Crippen LogP contribution in [-0.4, -0.2) is 23.0 Å². The van der Waals surface area contributed by atoms with E-state index in [0.29, 0.717) is 28.4 Å². The van der Waals surface area contributed by atoms with Crippen molar-refractivity contribution in [1.82, 2.24) is 4.98 Å². The van der Waals surface area contributed by atoms with Gasteiger partial charge < -0.3 is 4.90 Å². The number of rotatable bonds is 4. The Balaban J connectivity index is 1.48. The molecule has 29 heavy (non-hydrogen) atoms. The van der Waals surface area contributed by atoms with Gasteiger partial charge in [0, 0.05) is 36.8 Å². The predicted octanol–water partition coefficient (Wildman–Crippen LogP) is 5.53. The lowest BCUT2D eigenvalue weighted by molar-refractivity contribution is -0.384. The number of aromatic nitrogens is 1. The van der Waals surface area contributed by atoms with E-state index in [-0.39, 0.29) is 11.1 Å². The third-order valence-electron chi connectivity index (χ3n) is 5.46. The normalized spacial score (nSPS) is 15.1. The number of non-ortho nitro benzene ring substituents is 1. The molecule has 0 atom stereocenters. The molecule has 2 aromatic carbocycles. The van der Waals surface area contributed by atoms with E-state index >= 15 is 0 Å². The van der Waals surface area contributed by atoms with Gasteiger partial charge in [-0.05, 0) is 55.0 Å². The number of nitrogens with zero attached hydrogens (tertiary/aromatic N) is 3. The highest BCUT2D eigenvalue weighted by Gasteiger charge is 2.24. The first-order valence-electron chi connectivity index (χ1n) is 9.34. The molecule has 0 bridgehead atoms. The largest absolute Gasteiger partial charge is 0.370 e. The Morgan fingerprint density at radius 2 is 1.97 bits per heavy atom. The fourth-order valence-electron chi connectivity index (χ4n) is 3.96. The molecule has 0 N–H and O–H groups in total. The van der Waals surface area contributed by atoms with Crippen molar-refractivity contribution < 1.29 is 13.7 Å². The molecule has 3 aromatic rings. The number of piperidine rings is 1. The van der Waals surface area contributed by atoms with E-state index in [1.807, 2.05) is 0 Å². The van der Waals surface area contributed by atoms with Gasteiger partial charge in [0.1, 0.15) is 0 Å². The fourth-order valence-corrected chi connectivity index (χ4v) is 4.26. The van der Waals surface area contributed by atoms with Crippen molar-refractivity contribution in [3.05, 3.63) is 74.9 Å². The van der Waals surface area contributed by atoms with Crippen molar-refractivity contribution in [3.63, 3.8) is 0 Å². The molecular weight excluding hydrogens is 400 g/mol.